The number of amides is 1. The van der Waals surface area contributed by atoms with Gasteiger partial charge in [-0.1, -0.05) is 0 Å². The largest absolute Gasteiger partial charge is 0.497 e. The first kappa shape index (κ1) is 15.8. The van der Waals surface area contributed by atoms with Gasteiger partial charge in [-0.3, -0.25) is 9.69 Å². The van der Waals surface area contributed by atoms with Crippen molar-refractivity contribution in [2.45, 2.75) is 25.8 Å². The lowest BCUT2D eigenvalue weighted by molar-refractivity contribution is -0.118. The molecule has 1 aromatic rings. The average Bonchev–Trinajstić information content (AvgIpc) is 2.50. The van der Waals surface area contributed by atoms with Gasteiger partial charge in [0.15, 0.2) is 0 Å². The second-order valence-electron chi connectivity index (χ2n) is 5.73. The van der Waals surface area contributed by atoms with Crippen LogP contribution in [0.3, 0.4) is 0 Å². The Hall–Kier alpha value is -1.59. The number of nitrogens with one attached hydrogen (secondary N) is 1. The molecule has 1 fully saturated rings. The molecule has 0 radical (unpaired) electrons. The van der Waals surface area contributed by atoms with Crippen molar-refractivity contribution in [3.05, 3.63) is 24.3 Å². The quantitative estimate of drug-likeness (QED) is 0.866. The van der Waals surface area contributed by atoms with Gasteiger partial charge in [0.1, 0.15) is 5.75 Å². The molecule has 0 aromatic heterocycles. The highest BCUT2D eigenvalue weighted by atomic mass is 16.5. The van der Waals surface area contributed by atoms with Crippen LogP contribution >= 0.6 is 0 Å². The van der Waals surface area contributed by atoms with Crippen molar-refractivity contribution in [3.63, 3.8) is 0 Å². The number of methoxy groups -OCH3 is 1. The van der Waals surface area contributed by atoms with Crippen molar-refractivity contribution < 1.29 is 9.53 Å². The Balaban J connectivity index is 1.87. The molecular formula is C16H25N3O2. The number of anilines is 1. The maximum absolute atomic E-state index is 12.2. The van der Waals surface area contributed by atoms with Crippen LogP contribution in [0.15, 0.2) is 24.3 Å². The number of carbonyl (C=O) groups is 1. The van der Waals surface area contributed by atoms with E-state index in [0.29, 0.717) is 25.0 Å². The minimum absolute atomic E-state index is 0.0182. The third-order valence-corrected chi connectivity index (χ3v) is 4.16. The Bertz CT molecular complexity index is 461. The summed E-state index contributed by atoms with van der Waals surface area (Å²) in [6.07, 6.45) is 2.27. The highest BCUT2D eigenvalue weighted by Crippen LogP contribution is 2.21. The first-order valence-corrected chi connectivity index (χ1v) is 7.50. The molecule has 21 heavy (non-hydrogen) atoms. The van der Waals surface area contributed by atoms with Crippen LogP contribution in [0.25, 0.3) is 0 Å². The lowest BCUT2D eigenvalue weighted by atomic mass is 9.93. The van der Waals surface area contributed by atoms with Crippen LogP contribution in [0.4, 0.5) is 5.69 Å². The van der Waals surface area contributed by atoms with Crippen molar-refractivity contribution in [2.24, 2.45) is 11.7 Å². The number of rotatable bonds is 5. The molecule has 0 bridgehead atoms. The third-order valence-electron chi connectivity index (χ3n) is 4.16. The number of piperidine rings is 1. The highest BCUT2D eigenvalue weighted by molar-refractivity contribution is 5.92. The van der Waals surface area contributed by atoms with Crippen LogP contribution < -0.4 is 15.8 Å². The molecule has 0 saturated carbocycles. The summed E-state index contributed by atoms with van der Waals surface area (Å²) in [6.45, 7) is 4.20. The Morgan fingerprint density at radius 3 is 2.71 bits per heavy atom. The first-order valence-electron chi connectivity index (χ1n) is 7.50. The topological polar surface area (TPSA) is 67.6 Å². The summed E-state index contributed by atoms with van der Waals surface area (Å²) in [5, 5.41) is 2.93. The number of ether oxygens (including phenoxy) is 1. The molecule has 1 aliphatic rings. The highest BCUT2D eigenvalue weighted by Gasteiger charge is 2.25. The minimum atomic E-state index is 0.0182. The molecule has 2 unspecified atom stereocenters. The number of carbonyl (C=O) groups excluding carboxylic acids is 1. The number of hydrogen-bond acceptors (Lipinski definition) is 4. The first-order chi connectivity index (χ1) is 10.1. The Kier molecular flexibility index (Phi) is 5.59. The van der Waals surface area contributed by atoms with Crippen LogP contribution in [-0.2, 0) is 4.79 Å². The maximum Gasteiger partial charge on any atom is 0.238 e. The van der Waals surface area contributed by atoms with Gasteiger partial charge in [-0.25, -0.2) is 0 Å². The molecule has 3 N–H and O–H groups in total. The number of likely N-dealkylation sites (tertiary alicyclic amines) is 1. The van der Waals surface area contributed by atoms with Gasteiger partial charge in [0.2, 0.25) is 5.91 Å². The molecule has 1 saturated heterocycles. The van der Waals surface area contributed by atoms with Crippen molar-refractivity contribution in [2.75, 3.05) is 32.1 Å². The molecule has 116 valence electrons. The van der Waals surface area contributed by atoms with Crippen molar-refractivity contribution >= 4 is 11.6 Å². The van der Waals surface area contributed by atoms with Crippen molar-refractivity contribution in [3.8, 4) is 5.75 Å². The van der Waals surface area contributed by atoms with Gasteiger partial charge in [-0.05, 0) is 56.5 Å². The lowest BCUT2D eigenvalue weighted by Gasteiger charge is -2.37. The summed E-state index contributed by atoms with van der Waals surface area (Å²) in [5.41, 5.74) is 6.55. The van der Waals surface area contributed by atoms with Gasteiger partial charge in [0, 0.05) is 18.3 Å². The minimum Gasteiger partial charge on any atom is -0.497 e. The van der Waals surface area contributed by atoms with E-state index in [2.05, 4.69) is 17.1 Å². The van der Waals surface area contributed by atoms with E-state index >= 15 is 0 Å². The van der Waals surface area contributed by atoms with Crippen LogP contribution in [0.2, 0.25) is 0 Å². The van der Waals surface area contributed by atoms with E-state index in [1.54, 1.807) is 7.11 Å². The maximum atomic E-state index is 12.2. The van der Waals surface area contributed by atoms with Gasteiger partial charge in [0.05, 0.1) is 13.7 Å². The normalized spacial score (nSPS) is 22.8. The number of hydrogen-bond donors (Lipinski definition) is 2. The Morgan fingerprint density at radius 2 is 2.10 bits per heavy atom. The number of nitrogens with zero attached hydrogens (tertiary/aromatic N) is 1. The standard InChI is InChI=1S/C16H25N3O2/c1-12-3-4-13(9-17)10-19(12)11-16(20)18-14-5-7-15(21-2)8-6-14/h5-8,12-13H,3-4,9-11,17H2,1-2H3,(H,18,20). The summed E-state index contributed by atoms with van der Waals surface area (Å²) in [4.78, 5) is 14.4. The van der Waals surface area contributed by atoms with Crippen LogP contribution in [0.1, 0.15) is 19.8 Å². The molecule has 0 aliphatic carbocycles. The second-order valence-corrected chi connectivity index (χ2v) is 5.73. The van der Waals surface area contributed by atoms with E-state index < -0.39 is 0 Å². The van der Waals surface area contributed by atoms with Crippen molar-refractivity contribution in [1.82, 2.24) is 4.90 Å². The molecule has 2 atom stereocenters. The fourth-order valence-electron chi connectivity index (χ4n) is 2.73. The third kappa shape index (κ3) is 4.44. The van der Waals surface area contributed by atoms with Gasteiger partial charge in [0.25, 0.3) is 0 Å². The zero-order valence-electron chi connectivity index (χ0n) is 12.8. The van der Waals surface area contributed by atoms with E-state index in [1.807, 2.05) is 24.3 Å². The van der Waals surface area contributed by atoms with Gasteiger partial charge in [-0.15, -0.1) is 0 Å². The zero-order valence-corrected chi connectivity index (χ0v) is 12.8. The van der Waals surface area contributed by atoms with Crippen molar-refractivity contribution in [1.29, 1.82) is 0 Å². The van der Waals surface area contributed by atoms with Crippen LogP contribution in [-0.4, -0.2) is 43.6 Å². The Morgan fingerprint density at radius 1 is 1.38 bits per heavy atom. The summed E-state index contributed by atoms with van der Waals surface area (Å²) in [7, 11) is 1.62. The van der Waals surface area contributed by atoms with E-state index in [0.717, 1.165) is 30.8 Å². The SMILES string of the molecule is COc1ccc(NC(=O)CN2CC(CN)CCC2C)cc1. The molecule has 1 amide bonds. The second kappa shape index (κ2) is 7.43. The predicted molar refractivity (Wildman–Crippen MR) is 84.4 cm³/mol. The van der Waals surface area contributed by atoms with E-state index in [4.69, 9.17) is 10.5 Å². The fraction of sp³-hybridized carbons (Fsp3) is 0.562. The summed E-state index contributed by atoms with van der Waals surface area (Å²) >= 11 is 0. The summed E-state index contributed by atoms with van der Waals surface area (Å²) in [5.74, 6) is 1.31. The predicted octanol–water partition coefficient (Wildman–Crippen LogP) is 1.69. The molecule has 1 aromatic carbocycles. The summed E-state index contributed by atoms with van der Waals surface area (Å²) in [6, 6.07) is 7.81. The molecule has 5 heteroatoms. The lowest BCUT2D eigenvalue weighted by Crippen LogP contribution is -2.47. The zero-order chi connectivity index (χ0) is 15.2. The number of benzene rings is 1. The van der Waals surface area contributed by atoms with Gasteiger partial charge in [-0.2, -0.15) is 0 Å². The van der Waals surface area contributed by atoms with Crippen LogP contribution in [0.5, 0.6) is 5.75 Å². The van der Waals surface area contributed by atoms with E-state index in [-0.39, 0.29) is 5.91 Å². The summed E-state index contributed by atoms with van der Waals surface area (Å²) < 4.78 is 5.10. The smallest absolute Gasteiger partial charge is 0.238 e. The number of nitrogens with two attached hydrogens (primary N) is 1. The molecule has 0 spiro atoms. The fourth-order valence-corrected chi connectivity index (χ4v) is 2.73. The molecule has 1 aliphatic heterocycles. The Labute approximate surface area is 126 Å². The molecule has 2 rings (SSSR count). The molecule has 5 nitrogen and oxygen atoms in total. The monoisotopic (exact) mass is 291 g/mol. The van der Waals surface area contributed by atoms with Gasteiger partial charge < -0.3 is 15.8 Å². The molecule has 1 heterocycles. The van der Waals surface area contributed by atoms with E-state index in [1.165, 1.54) is 0 Å². The average molecular weight is 291 g/mol. The van der Waals surface area contributed by atoms with Gasteiger partial charge >= 0.3 is 0 Å². The van der Waals surface area contributed by atoms with E-state index in [9.17, 15) is 4.79 Å². The van der Waals surface area contributed by atoms with Crippen LogP contribution in [0, 0.1) is 5.92 Å². The molecular weight excluding hydrogens is 266 g/mol.